The van der Waals surface area contributed by atoms with E-state index in [0.29, 0.717) is 17.4 Å². The van der Waals surface area contributed by atoms with Gasteiger partial charge in [-0.1, -0.05) is 0 Å². The number of rotatable bonds is 3. The molecule has 104 valence electrons. The predicted molar refractivity (Wildman–Crippen MR) is 75.1 cm³/mol. The smallest absolute Gasteiger partial charge is 0.268 e. The molecule has 1 aliphatic carbocycles. The summed E-state index contributed by atoms with van der Waals surface area (Å²) in [4.78, 5) is 14.6. The zero-order valence-corrected chi connectivity index (χ0v) is 11.4. The summed E-state index contributed by atoms with van der Waals surface area (Å²) in [7, 11) is 2.10. The third kappa shape index (κ3) is 2.76. The number of nitrogens with zero attached hydrogens (tertiary/aromatic N) is 2. The third-order valence-corrected chi connectivity index (χ3v) is 4.00. The Labute approximate surface area is 113 Å². The molecule has 0 spiro atoms. The van der Waals surface area contributed by atoms with Gasteiger partial charge in [-0.3, -0.25) is 4.79 Å². The van der Waals surface area contributed by atoms with Crippen LogP contribution in [0.3, 0.4) is 0 Å². The van der Waals surface area contributed by atoms with E-state index in [1.807, 2.05) is 10.8 Å². The molecule has 1 aromatic rings. The second-order valence-corrected chi connectivity index (χ2v) is 5.87. The number of piperidine rings is 1. The molecule has 0 radical (unpaired) electrons. The van der Waals surface area contributed by atoms with Crippen LogP contribution in [0.15, 0.2) is 12.3 Å². The molecule has 1 unspecified atom stereocenters. The molecule has 3 rings (SSSR count). The van der Waals surface area contributed by atoms with Crippen LogP contribution >= 0.6 is 0 Å². The second kappa shape index (κ2) is 4.89. The maximum atomic E-state index is 12.4. The van der Waals surface area contributed by atoms with Gasteiger partial charge < -0.3 is 20.5 Å². The van der Waals surface area contributed by atoms with Gasteiger partial charge in [0.2, 0.25) is 0 Å². The van der Waals surface area contributed by atoms with Gasteiger partial charge in [0, 0.05) is 24.8 Å². The Kier molecular flexibility index (Phi) is 3.22. The fraction of sp³-hybridized carbons (Fsp3) is 0.643. The van der Waals surface area contributed by atoms with Crippen molar-refractivity contribution in [3.63, 3.8) is 0 Å². The Balaban J connectivity index is 1.69. The largest absolute Gasteiger partial charge is 0.397 e. The van der Waals surface area contributed by atoms with E-state index in [1.54, 1.807) is 6.07 Å². The lowest BCUT2D eigenvalue weighted by Gasteiger charge is -2.30. The molecule has 0 aromatic carbocycles. The lowest BCUT2D eigenvalue weighted by Crippen LogP contribution is -2.46. The van der Waals surface area contributed by atoms with Gasteiger partial charge in [0.25, 0.3) is 5.91 Å². The Morgan fingerprint density at radius 2 is 2.21 bits per heavy atom. The molecule has 1 aromatic heterocycles. The number of likely N-dealkylation sites (N-methyl/N-ethyl adjacent to an activating group) is 1. The zero-order valence-electron chi connectivity index (χ0n) is 11.4. The minimum atomic E-state index is 0.0175. The number of hydrogen-bond donors (Lipinski definition) is 2. The van der Waals surface area contributed by atoms with Gasteiger partial charge >= 0.3 is 0 Å². The van der Waals surface area contributed by atoms with Gasteiger partial charge in [-0.2, -0.15) is 0 Å². The first kappa shape index (κ1) is 12.5. The first-order valence-electron chi connectivity index (χ1n) is 7.10. The molecule has 1 amide bonds. The Hall–Kier alpha value is -1.49. The van der Waals surface area contributed by atoms with Gasteiger partial charge in [-0.15, -0.1) is 0 Å². The second-order valence-electron chi connectivity index (χ2n) is 5.87. The number of carbonyl (C=O) groups excluding carboxylic acids is 1. The van der Waals surface area contributed by atoms with Crippen molar-refractivity contribution in [3.05, 3.63) is 18.0 Å². The average Bonchev–Trinajstić information content (AvgIpc) is 3.12. The molecule has 1 aliphatic heterocycles. The fourth-order valence-corrected chi connectivity index (χ4v) is 2.88. The van der Waals surface area contributed by atoms with Crippen LogP contribution in [0, 0.1) is 0 Å². The van der Waals surface area contributed by atoms with Gasteiger partial charge in [-0.05, 0) is 45.3 Å². The van der Waals surface area contributed by atoms with Crippen LogP contribution in [-0.4, -0.2) is 41.6 Å². The third-order valence-electron chi connectivity index (χ3n) is 4.00. The standard InChI is InChI=1S/C14H22N4O/c1-17-6-2-3-11(9-17)16-14(19)13-7-10(15)8-18(13)12-4-5-12/h7-8,11-12H,2-6,9,15H2,1H3,(H,16,19). The first-order valence-corrected chi connectivity index (χ1v) is 7.10. The fourth-order valence-electron chi connectivity index (χ4n) is 2.88. The van der Waals surface area contributed by atoms with E-state index < -0.39 is 0 Å². The Morgan fingerprint density at radius 1 is 1.42 bits per heavy atom. The number of aromatic nitrogens is 1. The number of nitrogen functional groups attached to an aromatic ring is 1. The molecule has 1 saturated carbocycles. The molecule has 19 heavy (non-hydrogen) atoms. The highest BCUT2D eigenvalue weighted by Gasteiger charge is 2.28. The molecular weight excluding hydrogens is 240 g/mol. The summed E-state index contributed by atoms with van der Waals surface area (Å²) < 4.78 is 2.04. The lowest BCUT2D eigenvalue weighted by atomic mass is 10.1. The number of nitrogens with two attached hydrogens (primary N) is 1. The number of nitrogens with one attached hydrogen (secondary N) is 1. The molecule has 2 fully saturated rings. The van der Waals surface area contributed by atoms with Crippen LogP contribution in [0.1, 0.15) is 42.2 Å². The first-order chi connectivity index (χ1) is 9.13. The van der Waals surface area contributed by atoms with Gasteiger partial charge in [0.1, 0.15) is 5.69 Å². The minimum Gasteiger partial charge on any atom is -0.397 e. The maximum Gasteiger partial charge on any atom is 0.268 e. The number of anilines is 1. The quantitative estimate of drug-likeness (QED) is 0.861. The summed E-state index contributed by atoms with van der Waals surface area (Å²) in [5.74, 6) is 0.0175. The van der Waals surface area contributed by atoms with Gasteiger partial charge in [0.15, 0.2) is 0 Å². The molecule has 2 heterocycles. The highest BCUT2D eigenvalue weighted by atomic mass is 16.2. The molecule has 2 aliphatic rings. The Bertz CT molecular complexity index is 478. The predicted octanol–water partition coefficient (Wildman–Crippen LogP) is 1.23. The molecule has 1 atom stereocenters. The van der Waals surface area contributed by atoms with E-state index >= 15 is 0 Å². The van der Waals surface area contributed by atoms with Crippen molar-refractivity contribution >= 4 is 11.6 Å². The van der Waals surface area contributed by atoms with E-state index in [4.69, 9.17) is 5.73 Å². The van der Waals surface area contributed by atoms with Crippen LogP contribution in [0.4, 0.5) is 5.69 Å². The van der Waals surface area contributed by atoms with Crippen molar-refractivity contribution in [2.75, 3.05) is 25.9 Å². The summed E-state index contributed by atoms with van der Waals surface area (Å²) in [6, 6.07) is 2.53. The molecule has 5 heteroatoms. The monoisotopic (exact) mass is 262 g/mol. The van der Waals surface area contributed by atoms with Crippen LogP contribution < -0.4 is 11.1 Å². The van der Waals surface area contributed by atoms with Crippen LogP contribution in [0.5, 0.6) is 0 Å². The highest BCUT2D eigenvalue weighted by Crippen LogP contribution is 2.37. The van der Waals surface area contributed by atoms with Crippen LogP contribution in [-0.2, 0) is 0 Å². The van der Waals surface area contributed by atoms with Crippen molar-refractivity contribution in [1.29, 1.82) is 0 Å². The lowest BCUT2D eigenvalue weighted by molar-refractivity contribution is 0.0903. The Morgan fingerprint density at radius 3 is 2.89 bits per heavy atom. The van der Waals surface area contributed by atoms with E-state index in [1.165, 1.54) is 0 Å². The summed E-state index contributed by atoms with van der Waals surface area (Å²) >= 11 is 0. The van der Waals surface area contributed by atoms with Gasteiger partial charge in [-0.25, -0.2) is 0 Å². The van der Waals surface area contributed by atoms with Crippen LogP contribution in [0.2, 0.25) is 0 Å². The molecular formula is C14H22N4O. The van der Waals surface area contributed by atoms with Crippen LogP contribution in [0.25, 0.3) is 0 Å². The van der Waals surface area contributed by atoms with Crippen molar-refractivity contribution in [3.8, 4) is 0 Å². The van der Waals surface area contributed by atoms with E-state index in [0.717, 1.165) is 38.8 Å². The van der Waals surface area contributed by atoms with Gasteiger partial charge in [0.05, 0.1) is 5.69 Å². The minimum absolute atomic E-state index is 0.0175. The highest BCUT2D eigenvalue weighted by molar-refractivity contribution is 5.94. The SMILES string of the molecule is CN1CCCC(NC(=O)c2cc(N)cn2C2CC2)C1. The van der Waals surface area contributed by atoms with E-state index in [2.05, 4.69) is 17.3 Å². The van der Waals surface area contributed by atoms with Crippen molar-refractivity contribution in [2.45, 2.75) is 37.8 Å². The number of likely N-dealkylation sites (tertiary alicyclic amines) is 1. The summed E-state index contributed by atoms with van der Waals surface area (Å²) in [6.07, 6.45) is 6.41. The number of hydrogen-bond acceptors (Lipinski definition) is 3. The van der Waals surface area contributed by atoms with Crippen molar-refractivity contribution < 1.29 is 4.79 Å². The zero-order chi connectivity index (χ0) is 13.4. The summed E-state index contributed by atoms with van der Waals surface area (Å²) in [5, 5.41) is 3.14. The molecule has 5 nitrogen and oxygen atoms in total. The number of amides is 1. The number of carbonyl (C=O) groups is 1. The topological polar surface area (TPSA) is 63.3 Å². The van der Waals surface area contributed by atoms with Crippen molar-refractivity contribution in [2.24, 2.45) is 0 Å². The average molecular weight is 262 g/mol. The summed E-state index contributed by atoms with van der Waals surface area (Å²) in [6.45, 7) is 2.06. The molecule has 1 saturated heterocycles. The van der Waals surface area contributed by atoms with Crippen molar-refractivity contribution in [1.82, 2.24) is 14.8 Å². The normalized spacial score (nSPS) is 24.4. The maximum absolute atomic E-state index is 12.4. The molecule has 0 bridgehead atoms. The van der Waals surface area contributed by atoms with E-state index in [-0.39, 0.29) is 11.9 Å². The molecule has 3 N–H and O–H groups in total. The van der Waals surface area contributed by atoms with E-state index in [9.17, 15) is 4.79 Å². The summed E-state index contributed by atoms with van der Waals surface area (Å²) in [5.41, 5.74) is 7.22.